The van der Waals surface area contributed by atoms with Gasteiger partial charge in [-0.05, 0) is 30.7 Å². The van der Waals surface area contributed by atoms with Crippen molar-refractivity contribution in [2.24, 2.45) is 4.99 Å². The number of nitrogens with one attached hydrogen (secondary N) is 2. The second-order valence-electron chi connectivity index (χ2n) is 5.80. The van der Waals surface area contributed by atoms with Gasteiger partial charge in [-0.1, -0.05) is 25.1 Å². The first kappa shape index (κ1) is 23.6. The van der Waals surface area contributed by atoms with Crippen molar-refractivity contribution in [2.75, 3.05) is 13.6 Å². The smallest absolute Gasteiger partial charge is 0.191 e. The van der Waals surface area contributed by atoms with Crippen molar-refractivity contribution in [3.05, 3.63) is 65.2 Å². The van der Waals surface area contributed by atoms with Crippen LogP contribution in [0.2, 0.25) is 0 Å². The van der Waals surface area contributed by atoms with Crippen molar-refractivity contribution in [1.29, 1.82) is 5.26 Å². The first-order valence-corrected chi connectivity index (χ1v) is 8.61. The van der Waals surface area contributed by atoms with Gasteiger partial charge in [0.1, 0.15) is 11.9 Å². The van der Waals surface area contributed by atoms with Crippen LogP contribution in [0.3, 0.4) is 0 Å². The molecule has 2 N–H and O–H groups in total. The fourth-order valence-corrected chi connectivity index (χ4v) is 2.36. The third kappa shape index (κ3) is 6.96. The molecule has 2 rings (SSSR count). The van der Waals surface area contributed by atoms with E-state index in [0.29, 0.717) is 24.5 Å². The van der Waals surface area contributed by atoms with Gasteiger partial charge in [-0.15, -0.1) is 24.0 Å². The van der Waals surface area contributed by atoms with E-state index in [1.165, 1.54) is 12.1 Å². The molecule has 5 nitrogen and oxygen atoms in total. The third-order valence-corrected chi connectivity index (χ3v) is 3.93. The Morgan fingerprint density at radius 2 is 1.93 bits per heavy atom. The zero-order valence-electron chi connectivity index (χ0n) is 15.7. The number of aliphatic imine (C=N–C) groups is 1. The van der Waals surface area contributed by atoms with Crippen molar-refractivity contribution in [3.8, 4) is 11.8 Å². The summed E-state index contributed by atoms with van der Waals surface area (Å²) >= 11 is 0. The van der Waals surface area contributed by atoms with Crippen LogP contribution in [0.25, 0.3) is 0 Å². The Hall–Kier alpha value is -2.41. The van der Waals surface area contributed by atoms with E-state index in [-0.39, 0.29) is 47.9 Å². The Morgan fingerprint density at radius 3 is 2.54 bits per heavy atom. The Kier molecular flexibility index (Phi) is 10.2. The van der Waals surface area contributed by atoms with Gasteiger partial charge in [0, 0.05) is 19.2 Å². The average molecular weight is 500 g/mol. The average Bonchev–Trinajstić information content (AvgIpc) is 2.69. The molecule has 1 atom stereocenters. The molecule has 0 aliphatic rings. The van der Waals surface area contributed by atoms with E-state index in [0.717, 1.165) is 0 Å². The molecule has 150 valence electrons. The van der Waals surface area contributed by atoms with Crippen LogP contribution in [-0.4, -0.2) is 25.7 Å². The fraction of sp³-hybridized carbons (Fsp3) is 0.300. The van der Waals surface area contributed by atoms with Crippen LogP contribution in [0.1, 0.15) is 24.5 Å². The van der Waals surface area contributed by atoms with Gasteiger partial charge in [-0.25, -0.2) is 8.78 Å². The van der Waals surface area contributed by atoms with Crippen LogP contribution >= 0.6 is 24.0 Å². The molecule has 2 aromatic rings. The molecular weight excluding hydrogens is 477 g/mol. The lowest BCUT2D eigenvalue weighted by atomic mass is 10.1. The van der Waals surface area contributed by atoms with Gasteiger partial charge in [-0.2, -0.15) is 5.26 Å². The summed E-state index contributed by atoms with van der Waals surface area (Å²) < 4.78 is 33.3. The van der Waals surface area contributed by atoms with Gasteiger partial charge < -0.3 is 15.4 Å². The standard InChI is InChI=1S/C20H22F2N4O.HI/c1-3-16(27-19-7-5-4-6-17(19)21)13-26-20(24-2)25-12-15-9-8-14(11-23)10-18(15)22;/h4-10,16H,3,12-13H2,1-2H3,(H2,24,25,26);1H. The molecule has 28 heavy (non-hydrogen) atoms. The normalized spacial score (nSPS) is 11.8. The minimum absolute atomic E-state index is 0. The summed E-state index contributed by atoms with van der Waals surface area (Å²) in [5.74, 6) is -0.191. The number of benzene rings is 2. The lowest BCUT2D eigenvalue weighted by Gasteiger charge is -2.20. The van der Waals surface area contributed by atoms with E-state index in [2.05, 4.69) is 15.6 Å². The minimum Gasteiger partial charge on any atom is -0.486 e. The molecule has 2 aromatic carbocycles. The minimum atomic E-state index is -0.452. The van der Waals surface area contributed by atoms with Crippen LogP contribution in [-0.2, 0) is 6.54 Å². The van der Waals surface area contributed by atoms with E-state index in [1.807, 2.05) is 13.0 Å². The third-order valence-electron chi connectivity index (χ3n) is 3.93. The number of nitriles is 1. The highest BCUT2D eigenvalue weighted by atomic mass is 127. The van der Waals surface area contributed by atoms with Crippen molar-refractivity contribution in [3.63, 3.8) is 0 Å². The number of nitrogens with zero attached hydrogens (tertiary/aromatic N) is 2. The molecule has 0 aliphatic carbocycles. The molecule has 0 aliphatic heterocycles. The summed E-state index contributed by atoms with van der Waals surface area (Å²) in [6.07, 6.45) is 0.412. The van der Waals surface area contributed by atoms with Gasteiger partial charge in [0.15, 0.2) is 17.5 Å². The first-order valence-electron chi connectivity index (χ1n) is 8.61. The molecular formula is C20H23F2IN4O. The van der Waals surface area contributed by atoms with E-state index >= 15 is 0 Å². The Morgan fingerprint density at radius 1 is 1.18 bits per heavy atom. The first-order chi connectivity index (χ1) is 13.1. The number of guanidine groups is 1. The van der Waals surface area contributed by atoms with Crippen LogP contribution in [0.4, 0.5) is 8.78 Å². The second-order valence-corrected chi connectivity index (χ2v) is 5.80. The van der Waals surface area contributed by atoms with Crippen LogP contribution in [0.15, 0.2) is 47.5 Å². The molecule has 0 aromatic heterocycles. The van der Waals surface area contributed by atoms with Crippen molar-refractivity contribution < 1.29 is 13.5 Å². The molecule has 1 unspecified atom stereocenters. The maximum absolute atomic E-state index is 13.9. The summed E-state index contributed by atoms with van der Waals surface area (Å²) in [6, 6.07) is 12.5. The SMILES string of the molecule is CCC(CNC(=NC)NCc1ccc(C#N)cc1F)Oc1ccccc1F.I. The van der Waals surface area contributed by atoms with Crippen molar-refractivity contribution >= 4 is 29.9 Å². The lowest BCUT2D eigenvalue weighted by molar-refractivity contribution is 0.191. The van der Waals surface area contributed by atoms with Crippen LogP contribution in [0.5, 0.6) is 5.75 Å². The summed E-state index contributed by atoms with van der Waals surface area (Å²) in [6.45, 7) is 2.55. The Bertz CT molecular complexity index is 839. The molecule has 0 amide bonds. The highest BCUT2D eigenvalue weighted by Crippen LogP contribution is 2.17. The topological polar surface area (TPSA) is 69.4 Å². The maximum Gasteiger partial charge on any atom is 0.191 e. The van der Waals surface area contributed by atoms with Crippen molar-refractivity contribution in [1.82, 2.24) is 10.6 Å². The van der Waals surface area contributed by atoms with E-state index in [4.69, 9.17) is 10.00 Å². The van der Waals surface area contributed by atoms with Crippen LogP contribution in [0, 0.1) is 23.0 Å². The summed E-state index contributed by atoms with van der Waals surface area (Å²) in [7, 11) is 1.60. The van der Waals surface area contributed by atoms with E-state index in [1.54, 1.807) is 37.4 Å². The number of ether oxygens (including phenoxy) is 1. The van der Waals surface area contributed by atoms with Gasteiger partial charge in [0.05, 0.1) is 18.2 Å². The van der Waals surface area contributed by atoms with Gasteiger partial charge in [-0.3, -0.25) is 4.99 Å². The van der Waals surface area contributed by atoms with Gasteiger partial charge >= 0.3 is 0 Å². The zero-order chi connectivity index (χ0) is 19.6. The molecule has 0 radical (unpaired) electrons. The quantitative estimate of drug-likeness (QED) is 0.343. The van der Waals surface area contributed by atoms with Crippen LogP contribution < -0.4 is 15.4 Å². The van der Waals surface area contributed by atoms with E-state index in [9.17, 15) is 8.78 Å². The predicted octanol–water partition coefficient (Wildman–Crippen LogP) is 3.98. The predicted molar refractivity (Wildman–Crippen MR) is 116 cm³/mol. The fourth-order valence-electron chi connectivity index (χ4n) is 2.36. The molecule has 0 saturated carbocycles. The molecule has 0 heterocycles. The molecule has 8 heteroatoms. The second kappa shape index (κ2) is 12.1. The number of hydrogen-bond acceptors (Lipinski definition) is 3. The number of halogens is 3. The highest BCUT2D eigenvalue weighted by Gasteiger charge is 2.12. The molecule has 0 fully saturated rings. The summed E-state index contributed by atoms with van der Waals surface area (Å²) in [5, 5.41) is 14.9. The number of para-hydroxylation sites is 1. The Labute approximate surface area is 180 Å². The monoisotopic (exact) mass is 500 g/mol. The zero-order valence-corrected chi connectivity index (χ0v) is 18.0. The lowest BCUT2D eigenvalue weighted by Crippen LogP contribution is -2.42. The number of rotatable bonds is 7. The highest BCUT2D eigenvalue weighted by molar-refractivity contribution is 14.0. The summed E-state index contributed by atoms with van der Waals surface area (Å²) in [4.78, 5) is 4.09. The van der Waals surface area contributed by atoms with Gasteiger partial charge in [0.25, 0.3) is 0 Å². The molecule has 0 bridgehead atoms. The molecule has 0 saturated heterocycles. The largest absolute Gasteiger partial charge is 0.486 e. The summed E-state index contributed by atoms with van der Waals surface area (Å²) in [5.41, 5.74) is 0.696. The van der Waals surface area contributed by atoms with E-state index < -0.39 is 11.6 Å². The Balaban J connectivity index is 0.00000392. The van der Waals surface area contributed by atoms with Crippen molar-refractivity contribution in [2.45, 2.75) is 26.0 Å². The van der Waals surface area contributed by atoms with Gasteiger partial charge in [0.2, 0.25) is 0 Å². The maximum atomic E-state index is 13.9. The number of hydrogen-bond donors (Lipinski definition) is 2. The molecule has 0 spiro atoms.